The minimum absolute atomic E-state index is 0.0117. The van der Waals surface area contributed by atoms with Crippen molar-refractivity contribution in [1.82, 2.24) is 14.9 Å². The Hall–Kier alpha value is -1.90. The van der Waals surface area contributed by atoms with Gasteiger partial charge >= 0.3 is 0 Å². The predicted octanol–water partition coefficient (Wildman–Crippen LogP) is 1.08. The predicted molar refractivity (Wildman–Crippen MR) is 111 cm³/mol. The molecule has 2 N–H and O–H groups in total. The molecule has 166 valence electrons. The van der Waals surface area contributed by atoms with Crippen LogP contribution >= 0.6 is 0 Å². The lowest BCUT2D eigenvalue weighted by Crippen LogP contribution is -2.54. The molecular weight excluding hydrogens is 406 g/mol. The average Bonchev–Trinajstić information content (AvgIpc) is 3.60. The average molecular weight is 438 g/mol. The maximum Gasteiger partial charge on any atom is 0.259 e. The fourth-order valence-electron chi connectivity index (χ4n) is 4.81. The maximum absolute atomic E-state index is 13.1. The summed E-state index contributed by atoms with van der Waals surface area (Å²) in [6.07, 6.45) is 10.1. The molecule has 3 aliphatic carbocycles. The molecule has 3 saturated carbocycles. The number of carbonyl (C=O) groups excluding carboxylic acids is 3. The summed E-state index contributed by atoms with van der Waals surface area (Å²) in [6.45, 7) is 0.673. The summed E-state index contributed by atoms with van der Waals surface area (Å²) in [5, 5.41) is 2.37. The van der Waals surface area contributed by atoms with Crippen LogP contribution in [0.15, 0.2) is 12.2 Å². The number of amides is 3. The van der Waals surface area contributed by atoms with Crippen LogP contribution in [-0.4, -0.2) is 55.4 Å². The van der Waals surface area contributed by atoms with Crippen LogP contribution in [0.2, 0.25) is 0 Å². The Morgan fingerprint density at radius 3 is 2.60 bits per heavy atom. The zero-order chi connectivity index (χ0) is 21.5. The van der Waals surface area contributed by atoms with E-state index in [1.54, 1.807) is 11.9 Å². The number of hydrogen-bond donors (Lipinski definition) is 2. The molecule has 9 heteroatoms. The number of carbonyl (C=O) groups is 3. The van der Waals surface area contributed by atoms with Crippen molar-refractivity contribution in [3.8, 4) is 0 Å². The zero-order valence-electron chi connectivity index (χ0n) is 17.4. The van der Waals surface area contributed by atoms with Crippen LogP contribution in [0.1, 0.15) is 57.8 Å². The number of fused-ring (bicyclic) bond motifs is 2. The quantitative estimate of drug-likeness (QED) is 0.642. The molecule has 0 bridgehead atoms. The number of nitrogens with zero attached hydrogens (tertiary/aromatic N) is 1. The lowest BCUT2D eigenvalue weighted by Gasteiger charge is -2.27. The third kappa shape index (κ3) is 4.13. The van der Waals surface area contributed by atoms with Crippen molar-refractivity contribution in [2.45, 2.75) is 68.6 Å². The van der Waals surface area contributed by atoms with E-state index in [1.807, 2.05) is 12.2 Å². The normalized spacial score (nSPS) is 36.2. The lowest BCUT2D eigenvalue weighted by atomic mass is 9.93. The van der Waals surface area contributed by atoms with E-state index in [4.69, 9.17) is 0 Å². The monoisotopic (exact) mass is 437 g/mol. The Morgan fingerprint density at radius 1 is 1.13 bits per heavy atom. The van der Waals surface area contributed by atoms with Crippen LogP contribution in [0.25, 0.3) is 0 Å². The SMILES string of the molecule is CN1CCCC/C=C\C2C[C@@]2(C(=O)NS(=O)(=O)C2CC2)NC(=O)[C@@H]2CCCC2C1=O. The van der Waals surface area contributed by atoms with Gasteiger partial charge in [-0.1, -0.05) is 18.6 Å². The molecule has 4 atom stereocenters. The van der Waals surface area contributed by atoms with Crippen LogP contribution in [0.3, 0.4) is 0 Å². The lowest BCUT2D eigenvalue weighted by molar-refractivity contribution is -0.140. The van der Waals surface area contributed by atoms with Crippen LogP contribution in [0, 0.1) is 17.8 Å². The number of allylic oxidation sites excluding steroid dienone is 1. The summed E-state index contributed by atoms with van der Waals surface area (Å²) in [5.74, 6) is -2.05. The van der Waals surface area contributed by atoms with Gasteiger partial charge in [-0.2, -0.15) is 0 Å². The Kier molecular flexibility index (Phi) is 5.67. The minimum Gasteiger partial charge on any atom is -0.346 e. The van der Waals surface area contributed by atoms with E-state index in [-0.39, 0.29) is 23.7 Å². The van der Waals surface area contributed by atoms with Gasteiger partial charge in [0.05, 0.1) is 5.25 Å². The van der Waals surface area contributed by atoms with Gasteiger partial charge in [-0.15, -0.1) is 0 Å². The highest BCUT2D eigenvalue weighted by atomic mass is 32.2. The van der Waals surface area contributed by atoms with Crippen LogP contribution < -0.4 is 10.0 Å². The van der Waals surface area contributed by atoms with Crippen molar-refractivity contribution >= 4 is 27.7 Å². The van der Waals surface area contributed by atoms with E-state index >= 15 is 0 Å². The molecule has 0 saturated heterocycles. The molecule has 4 rings (SSSR count). The number of sulfonamides is 1. The van der Waals surface area contributed by atoms with E-state index in [0.29, 0.717) is 38.6 Å². The molecule has 30 heavy (non-hydrogen) atoms. The Balaban J connectivity index is 1.57. The van der Waals surface area contributed by atoms with E-state index in [0.717, 1.165) is 25.7 Å². The van der Waals surface area contributed by atoms with Crippen molar-refractivity contribution in [1.29, 1.82) is 0 Å². The Morgan fingerprint density at radius 2 is 1.87 bits per heavy atom. The standard InChI is InChI=1S/C21H31N3O5S/c1-24-12-5-3-2-4-7-14-13-21(14,20(27)23-30(28,29)15-10-11-15)22-18(25)16-8-6-9-17(16)19(24)26/h4,7,14-17H,2-3,5-6,8-13H2,1H3,(H,22,25)(H,23,27)/b7-4-/t14?,16-,17?,21-/m1/s1. The van der Waals surface area contributed by atoms with Crippen molar-refractivity contribution in [2.75, 3.05) is 13.6 Å². The Labute approximate surface area is 177 Å². The highest BCUT2D eigenvalue weighted by Crippen LogP contribution is 2.46. The third-order valence-electron chi connectivity index (χ3n) is 6.99. The molecule has 1 heterocycles. The summed E-state index contributed by atoms with van der Waals surface area (Å²) in [4.78, 5) is 40.7. The highest BCUT2D eigenvalue weighted by Gasteiger charge is 2.61. The van der Waals surface area contributed by atoms with Crippen molar-refractivity contribution in [2.24, 2.45) is 17.8 Å². The second-order valence-corrected chi connectivity index (χ2v) is 11.2. The Bertz CT molecular complexity index is 866. The number of rotatable bonds is 3. The van der Waals surface area contributed by atoms with Crippen LogP contribution in [0.5, 0.6) is 0 Å². The molecule has 0 spiro atoms. The number of hydrogen-bond acceptors (Lipinski definition) is 5. The van der Waals surface area contributed by atoms with Gasteiger partial charge in [-0.05, 0) is 51.4 Å². The molecule has 3 amide bonds. The molecule has 2 unspecified atom stereocenters. The van der Waals surface area contributed by atoms with E-state index in [1.165, 1.54) is 0 Å². The fraction of sp³-hybridized carbons (Fsp3) is 0.762. The first kappa shape index (κ1) is 21.3. The van der Waals surface area contributed by atoms with E-state index in [2.05, 4.69) is 10.0 Å². The minimum atomic E-state index is -3.69. The molecule has 0 aromatic rings. The summed E-state index contributed by atoms with van der Waals surface area (Å²) in [6, 6.07) is 0. The molecule has 8 nitrogen and oxygen atoms in total. The molecule has 0 aromatic carbocycles. The van der Waals surface area contributed by atoms with Gasteiger partial charge < -0.3 is 10.2 Å². The highest BCUT2D eigenvalue weighted by molar-refractivity contribution is 7.91. The van der Waals surface area contributed by atoms with Gasteiger partial charge in [-0.25, -0.2) is 8.42 Å². The molecule has 1 aliphatic heterocycles. The molecule has 3 fully saturated rings. The maximum atomic E-state index is 13.1. The number of nitrogens with one attached hydrogen (secondary N) is 2. The summed E-state index contributed by atoms with van der Waals surface area (Å²) < 4.78 is 26.8. The topological polar surface area (TPSA) is 113 Å². The van der Waals surface area contributed by atoms with Gasteiger partial charge in [0, 0.05) is 31.3 Å². The van der Waals surface area contributed by atoms with Gasteiger partial charge in [0.15, 0.2) is 0 Å². The molecule has 0 aromatic heterocycles. The molecule has 0 radical (unpaired) electrons. The van der Waals surface area contributed by atoms with Crippen molar-refractivity contribution < 1.29 is 22.8 Å². The van der Waals surface area contributed by atoms with Crippen molar-refractivity contribution in [3.63, 3.8) is 0 Å². The summed E-state index contributed by atoms with van der Waals surface area (Å²) in [5.41, 5.74) is -1.23. The van der Waals surface area contributed by atoms with E-state index < -0.39 is 32.6 Å². The largest absolute Gasteiger partial charge is 0.346 e. The second kappa shape index (κ2) is 7.98. The smallest absolute Gasteiger partial charge is 0.259 e. The van der Waals surface area contributed by atoms with Crippen LogP contribution in [0.4, 0.5) is 0 Å². The van der Waals surface area contributed by atoms with E-state index in [9.17, 15) is 22.8 Å². The van der Waals surface area contributed by atoms with Gasteiger partial charge in [0.25, 0.3) is 5.91 Å². The van der Waals surface area contributed by atoms with Gasteiger partial charge in [0.1, 0.15) is 5.54 Å². The first-order chi connectivity index (χ1) is 14.2. The summed E-state index contributed by atoms with van der Waals surface area (Å²) in [7, 11) is -1.91. The van der Waals surface area contributed by atoms with Crippen LogP contribution in [-0.2, 0) is 24.4 Å². The third-order valence-corrected chi connectivity index (χ3v) is 8.81. The first-order valence-electron chi connectivity index (χ1n) is 11.0. The fourth-order valence-corrected chi connectivity index (χ4v) is 6.17. The summed E-state index contributed by atoms with van der Waals surface area (Å²) >= 11 is 0. The molecule has 4 aliphatic rings. The second-order valence-electron chi connectivity index (χ2n) is 9.27. The van der Waals surface area contributed by atoms with Crippen molar-refractivity contribution in [3.05, 3.63) is 12.2 Å². The first-order valence-corrected chi connectivity index (χ1v) is 12.6. The molecular formula is C21H31N3O5S. The zero-order valence-corrected chi connectivity index (χ0v) is 18.2. The van der Waals surface area contributed by atoms with Gasteiger partial charge in [-0.3, -0.25) is 19.1 Å². The van der Waals surface area contributed by atoms with Gasteiger partial charge in [0.2, 0.25) is 21.8 Å².